The van der Waals surface area contributed by atoms with Gasteiger partial charge in [0, 0.05) is 6.08 Å². The van der Waals surface area contributed by atoms with Crippen LogP contribution in [0.2, 0.25) is 0 Å². The molecule has 1 heterocycles. The van der Waals surface area contributed by atoms with Crippen molar-refractivity contribution >= 4 is 12.0 Å². The van der Waals surface area contributed by atoms with E-state index in [0.29, 0.717) is 0 Å². The molecule has 4 rings (SSSR count). The molecule has 1 amide bonds. The first-order chi connectivity index (χ1) is 11.8. The van der Waals surface area contributed by atoms with E-state index in [0.717, 1.165) is 36.3 Å². The Morgan fingerprint density at radius 1 is 1.12 bits per heavy atom. The average molecular weight is 321 g/mol. The third kappa shape index (κ3) is 3.00. The first-order valence-electron chi connectivity index (χ1n) is 8.25. The van der Waals surface area contributed by atoms with Gasteiger partial charge in [-0.15, -0.1) is 0 Å². The van der Waals surface area contributed by atoms with Crippen LogP contribution in [0.15, 0.2) is 48.5 Å². The highest BCUT2D eigenvalue weighted by molar-refractivity contribution is 5.92. The van der Waals surface area contributed by atoms with Crippen molar-refractivity contribution in [2.75, 3.05) is 6.79 Å². The SMILES string of the molecule is O=C(/C=C/c1ccc2c(c1)OCO2)NC1CCCc2ccccc21. The van der Waals surface area contributed by atoms with Crippen LogP contribution in [0.5, 0.6) is 11.5 Å². The largest absolute Gasteiger partial charge is 0.454 e. The van der Waals surface area contributed by atoms with Crippen LogP contribution in [-0.4, -0.2) is 12.7 Å². The highest BCUT2D eigenvalue weighted by atomic mass is 16.7. The molecule has 0 spiro atoms. The van der Waals surface area contributed by atoms with Crippen LogP contribution in [0.4, 0.5) is 0 Å². The predicted molar refractivity (Wildman–Crippen MR) is 91.9 cm³/mol. The van der Waals surface area contributed by atoms with Crippen LogP contribution in [0.3, 0.4) is 0 Å². The quantitative estimate of drug-likeness (QED) is 0.878. The fourth-order valence-electron chi connectivity index (χ4n) is 3.31. The van der Waals surface area contributed by atoms with E-state index in [1.165, 1.54) is 11.1 Å². The summed E-state index contributed by atoms with van der Waals surface area (Å²) >= 11 is 0. The molecule has 1 aliphatic carbocycles. The molecular weight excluding hydrogens is 302 g/mol. The highest BCUT2D eigenvalue weighted by Crippen LogP contribution is 2.33. The summed E-state index contributed by atoms with van der Waals surface area (Å²) in [6.07, 6.45) is 6.56. The molecule has 0 radical (unpaired) electrons. The molecule has 0 saturated heterocycles. The van der Waals surface area contributed by atoms with E-state index in [1.807, 2.05) is 24.3 Å². The van der Waals surface area contributed by atoms with Gasteiger partial charge in [0.1, 0.15) is 0 Å². The maximum Gasteiger partial charge on any atom is 0.244 e. The molecule has 0 bridgehead atoms. The van der Waals surface area contributed by atoms with Crippen LogP contribution >= 0.6 is 0 Å². The van der Waals surface area contributed by atoms with Crippen LogP contribution in [-0.2, 0) is 11.2 Å². The molecule has 24 heavy (non-hydrogen) atoms. The monoisotopic (exact) mass is 321 g/mol. The van der Waals surface area contributed by atoms with Gasteiger partial charge >= 0.3 is 0 Å². The fourth-order valence-corrected chi connectivity index (χ4v) is 3.31. The average Bonchev–Trinajstić information content (AvgIpc) is 3.08. The number of amides is 1. The van der Waals surface area contributed by atoms with E-state index >= 15 is 0 Å². The van der Waals surface area contributed by atoms with E-state index in [9.17, 15) is 4.79 Å². The van der Waals surface area contributed by atoms with Gasteiger partial charge in [0.15, 0.2) is 11.5 Å². The molecule has 4 heteroatoms. The number of rotatable bonds is 3. The molecule has 1 unspecified atom stereocenters. The van der Waals surface area contributed by atoms with Gasteiger partial charge in [-0.3, -0.25) is 4.79 Å². The Hall–Kier alpha value is -2.75. The Labute approximate surface area is 141 Å². The van der Waals surface area contributed by atoms with Crippen LogP contribution in [0.1, 0.15) is 35.6 Å². The standard InChI is InChI=1S/C20H19NO3/c22-20(11-9-14-8-10-18-19(12-14)24-13-23-18)21-17-7-3-5-15-4-1-2-6-16(15)17/h1-2,4,6,8-12,17H,3,5,7,13H2,(H,21,22)/b11-9+. The Balaban J connectivity index is 1.44. The molecule has 1 aliphatic heterocycles. The van der Waals surface area contributed by atoms with Gasteiger partial charge in [-0.25, -0.2) is 0 Å². The van der Waals surface area contributed by atoms with Crippen molar-refractivity contribution in [1.29, 1.82) is 0 Å². The molecule has 122 valence electrons. The van der Waals surface area contributed by atoms with Crippen LogP contribution in [0.25, 0.3) is 6.08 Å². The number of aryl methyl sites for hydroxylation is 1. The third-order valence-corrected chi connectivity index (χ3v) is 4.51. The number of fused-ring (bicyclic) bond motifs is 2. The molecule has 4 nitrogen and oxygen atoms in total. The second kappa shape index (κ2) is 6.40. The molecule has 2 aliphatic rings. The summed E-state index contributed by atoms with van der Waals surface area (Å²) in [6, 6.07) is 14.1. The van der Waals surface area contributed by atoms with E-state index in [1.54, 1.807) is 12.2 Å². The Bertz CT molecular complexity index is 797. The van der Waals surface area contributed by atoms with E-state index in [4.69, 9.17) is 9.47 Å². The van der Waals surface area contributed by atoms with Gasteiger partial charge in [-0.2, -0.15) is 0 Å². The first kappa shape index (κ1) is 14.8. The lowest BCUT2D eigenvalue weighted by molar-refractivity contribution is -0.117. The molecule has 1 N–H and O–H groups in total. The number of benzene rings is 2. The fraction of sp³-hybridized carbons (Fsp3) is 0.250. The summed E-state index contributed by atoms with van der Waals surface area (Å²) in [5, 5.41) is 3.12. The summed E-state index contributed by atoms with van der Waals surface area (Å²) in [5.74, 6) is 1.39. The lowest BCUT2D eigenvalue weighted by Gasteiger charge is -2.25. The molecule has 2 aromatic carbocycles. The normalized spacial score (nSPS) is 18.4. The summed E-state index contributed by atoms with van der Waals surface area (Å²) < 4.78 is 10.6. The zero-order chi connectivity index (χ0) is 16.4. The minimum atomic E-state index is -0.0747. The highest BCUT2D eigenvalue weighted by Gasteiger charge is 2.20. The second-order valence-corrected chi connectivity index (χ2v) is 6.10. The number of hydrogen-bond acceptors (Lipinski definition) is 3. The minimum Gasteiger partial charge on any atom is -0.454 e. The number of hydrogen-bond donors (Lipinski definition) is 1. The molecule has 0 saturated carbocycles. The number of carbonyl (C=O) groups is 1. The summed E-state index contributed by atoms with van der Waals surface area (Å²) in [5.41, 5.74) is 3.50. The molecule has 2 aromatic rings. The van der Waals surface area contributed by atoms with E-state index < -0.39 is 0 Å². The van der Waals surface area contributed by atoms with Gasteiger partial charge in [0.25, 0.3) is 0 Å². The Morgan fingerprint density at radius 2 is 2.00 bits per heavy atom. The van der Waals surface area contributed by atoms with Crippen molar-refractivity contribution in [2.24, 2.45) is 0 Å². The molecule has 0 fully saturated rings. The van der Waals surface area contributed by atoms with Gasteiger partial charge in [-0.1, -0.05) is 30.3 Å². The summed E-state index contributed by atoms with van der Waals surface area (Å²) in [7, 11) is 0. The van der Waals surface area contributed by atoms with Crippen molar-refractivity contribution in [1.82, 2.24) is 5.32 Å². The summed E-state index contributed by atoms with van der Waals surface area (Å²) in [4.78, 5) is 12.3. The lowest BCUT2D eigenvalue weighted by atomic mass is 9.88. The van der Waals surface area contributed by atoms with E-state index in [-0.39, 0.29) is 18.7 Å². The smallest absolute Gasteiger partial charge is 0.244 e. The first-order valence-corrected chi connectivity index (χ1v) is 8.25. The van der Waals surface area contributed by atoms with Crippen LogP contribution in [0, 0.1) is 0 Å². The molecule has 0 aromatic heterocycles. The Kier molecular flexibility index (Phi) is 3.95. The molecular formula is C20H19NO3. The predicted octanol–water partition coefficient (Wildman–Crippen LogP) is 3.62. The number of ether oxygens (including phenoxy) is 2. The maximum absolute atomic E-state index is 12.3. The van der Waals surface area contributed by atoms with Gasteiger partial charge in [0.2, 0.25) is 12.7 Å². The van der Waals surface area contributed by atoms with Gasteiger partial charge in [-0.05, 0) is 54.2 Å². The van der Waals surface area contributed by atoms with E-state index in [2.05, 4.69) is 23.5 Å². The topological polar surface area (TPSA) is 47.6 Å². The van der Waals surface area contributed by atoms with Crippen molar-refractivity contribution < 1.29 is 14.3 Å². The number of carbonyl (C=O) groups excluding carboxylic acids is 1. The van der Waals surface area contributed by atoms with Crippen molar-refractivity contribution in [3.8, 4) is 11.5 Å². The molecule has 1 atom stereocenters. The van der Waals surface area contributed by atoms with Crippen molar-refractivity contribution in [2.45, 2.75) is 25.3 Å². The van der Waals surface area contributed by atoms with Crippen LogP contribution < -0.4 is 14.8 Å². The zero-order valence-electron chi connectivity index (χ0n) is 13.3. The zero-order valence-corrected chi connectivity index (χ0v) is 13.3. The second-order valence-electron chi connectivity index (χ2n) is 6.10. The van der Waals surface area contributed by atoms with Crippen molar-refractivity contribution in [3.05, 3.63) is 65.2 Å². The summed E-state index contributed by atoms with van der Waals surface area (Å²) in [6.45, 7) is 0.254. The van der Waals surface area contributed by atoms with Crippen molar-refractivity contribution in [3.63, 3.8) is 0 Å². The van der Waals surface area contributed by atoms with Gasteiger partial charge in [0.05, 0.1) is 6.04 Å². The van der Waals surface area contributed by atoms with Gasteiger partial charge < -0.3 is 14.8 Å². The lowest BCUT2D eigenvalue weighted by Crippen LogP contribution is -2.29. The minimum absolute atomic E-state index is 0.0747. The maximum atomic E-state index is 12.3. The third-order valence-electron chi connectivity index (χ3n) is 4.51. The number of nitrogens with one attached hydrogen (secondary N) is 1. The Morgan fingerprint density at radius 3 is 2.96 bits per heavy atom.